The van der Waals surface area contributed by atoms with Crippen molar-refractivity contribution in [2.45, 2.75) is 12.8 Å². The number of phenolic OH excluding ortho intramolecular Hbond substituents is 2. The third-order valence-corrected chi connectivity index (χ3v) is 2.92. The van der Waals surface area contributed by atoms with E-state index in [0.717, 1.165) is 6.42 Å². The second kappa shape index (κ2) is 6.61. The molecular formula is C16H16O4. The molecule has 0 aliphatic rings. The highest BCUT2D eigenvalue weighted by molar-refractivity contribution is 5.93. The van der Waals surface area contributed by atoms with Crippen molar-refractivity contribution in [2.24, 2.45) is 0 Å². The molecule has 2 N–H and O–H groups in total. The van der Waals surface area contributed by atoms with Gasteiger partial charge in [0.15, 0.2) is 11.5 Å². The molecule has 0 aliphatic carbocycles. The highest BCUT2D eigenvalue weighted by atomic mass is 16.5. The Morgan fingerprint density at radius 3 is 2.50 bits per heavy atom. The van der Waals surface area contributed by atoms with E-state index in [1.54, 1.807) is 0 Å². The molecule has 0 heterocycles. The summed E-state index contributed by atoms with van der Waals surface area (Å²) < 4.78 is 5.08. The van der Waals surface area contributed by atoms with Gasteiger partial charge in [-0.25, -0.2) is 4.79 Å². The van der Waals surface area contributed by atoms with Crippen LogP contribution in [0.4, 0.5) is 0 Å². The lowest BCUT2D eigenvalue weighted by atomic mass is 10.1. The Kier molecular flexibility index (Phi) is 4.60. The van der Waals surface area contributed by atoms with Gasteiger partial charge in [-0.2, -0.15) is 0 Å². The average Bonchev–Trinajstić information content (AvgIpc) is 2.47. The number of rotatable bonds is 5. The summed E-state index contributed by atoms with van der Waals surface area (Å²) in [6, 6.07) is 14.1. The molecule has 0 saturated carbocycles. The number of aromatic hydroxyl groups is 2. The molecule has 0 radical (unpaired) electrons. The Labute approximate surface area is 117 Å². The number of para-hydroxylation sites is 1. The summed E-state index contributed by atoms with van der Waals surface area (Å²) >= 11 is 0. The highest BCUT2D eigenvalue weighted by Gasteiger charge is 2.14. The first-order chi connectivity index (χ1) is 9.68. The molecule has 0 fully saturated rings. The molecule has 104 valence electrons. The van der Waals surface area contributed by atoms with Crippen LogP contribution in [0.3, 0.4) is 0 Å². The summed E-state index contributed by atoms with van der Waals surface area (Å²) in [5, 5.41) is 18.9. The van der Waals surface area contributed by atoms with Gasteiger partial charge in [0.05, 0.1) is 6.61 Å². The molecule has 0 spiro atoms. The Bertz CT molecular complexity index is 578. The van der Waals surface area contributed by atoms with Gasteiger partial charge in [-0.3, -0.25) is 0 Å². The fourth-order valence-electron chi connectivity index (χ4n) is 1.86. The van der Waals surface area contributed by atoms with E-state index in [2.05, 4.69) is 0 Å². The lowest BCUT2D eigenvalue weighted by Crippen LogP contribution is -2.07. The van der Waals surface area contributed by atoms with Gasteiger partial charge in [0.2, 0.25) is 0 Å². The first-order valence-electron chi connectivity index (χ1n) is 6.40. The van der Waals surface area contributed by atoms with Crippen LogP contribution in [-0.2, 0) is 11.2 Å². The SMILES string of the molecule is O=C(OCCCc1ccccc1)c1cccc(O)c1O. The molecule has 2 rings (SSSR count). The van der Waals surface area contributed by atoms with Crippen LogP contribution in [0.25, 0.3) is 0 Å². The van der Waals surface area contributed by atoms with E-state index >= 15 is 0 Å². The normalized spacial score (nSPS) is 10.2. The quantitative estimate of drug-likeness (QED) is 0.499. The minimum absolute atomic E-state index is 0.0234. The van der Waals surface area contributed by atoms with Crippen LogP contribution in [0.5, 0.6) is 11.5 Å². The Hall–Kier alpha value is -2.49. The van der Waals surface area contributed by atoms with E-state index in [-0.39, 0.29) is 17.9 Å². The number of aryl methyl sites for hydroxylation is 1. The van der Waals surface area contributed by atoms with Gasteiger partial charge in [-0.15, -0.1) is 0 Å². The standard InChI is InChI=1S/C16H16O4/c17-14-10-4-9-13(15(14)18)16(19)20-11-5-8-12-6-2-1-3-7-12/h1-4,6-7,9-10,17-18H,5,8,11H2. The number of carbonyl (C=O) groups is 1. The van der Waals surface area contributed by atoms with Crippen molar-refractivity contribution in [1.82, 2.24) is 0 Å². The summed E-state index contributed by atoms with van der Waals surface area (Å²) in [6.07, 6.45) is 1.52. The molecule has 20 heavy (non-hydrogen) atoms. The van der Waals surface area contributed by atoms with Gasteiger partial charge in [-0.1, -0.05) is 36.4 Å². The zero-order chi connectivity index (χ0) is 14.4. The molecule has 4 heteroatoms. The maximum Gasteiger partial charge on any atom is 0.342 e. The molecular weight excluding hydrogens is 256 g/mol. The predicted molar refractivity (Wildman–Crippen MR) is 74.8 cm³/mol. The molecule has 0 bridgehead atoms. The number of hydrogen-bond acceptors (Lipinski definition) is 4. The van der Waals surface area contributed by atoms with E-state index in [4.69, 9.17) is 4.74 Å². The fourth-order valence-corrected chi connectivity index (χ4v) is 1.86. The Morgan fingerprint density at radius 1 is 1.00 bits per heavy atom. The monoisotopic (exact) mass is 272 g/mol. The smallest absolute Gasteiger partial charge is 0.342 e. The van der Waals surface area contributed by atoms with Crippen LogP contribution in [-0.4, -0.2) is 22.8 Å². The summed E-state index contributed by atoms with van der Waals surface area (Å²) in [6.45, 7) is 0.267. The van der Waals surface area contributed by atoms with Crippen LogP contribution in [0, 0.1) is 0 Å². The van der Waals surface area contributed by atoms with Gasteiger partial charge in [0.1, 0.15) is 5.56 Å². The summed E-state index contributed by atoms with van der Waals surface area (Å²) in [4.78, 5) is 11.7. The molecule has 0 atom stereocenters. The second-order valence-electron chi connectivity index (χ2n) is 4.40. The van der Waals surface area contributed by atoms with Crippen LogP contribution in [0.2, 0.25) is 0 Å². The lowest BCUT2D eigenvalue weighted by Gasteiger charge is -2.07. The zero-order valence-corrected chi connectivity index (χ0v) is 11.0. The second-order valence-corrected chi connectivity index (χ2v) is 4.40. The van der Waals surface area contributed by atoms with Crippen LogP contribution >= 0.6 is 0 Å². The molecule has 0 saturated heterocycles. The van der Waals surface area contributed by atoms with Gasteiger partial charge in [0.25, 0.3) is 0 Å². The van der Waals surface area contributed by atoms with Crippen molar-refractivity contribution in [1.29, 1.82) is 0 Å². The van der Waals surface area contributed by atoms with E-state index in [9.17, 15) is 15.0 Å². The molecule has 4 nitrogen and oxygen atoms in total. The molecule has 2 aromatic carbocycles. The van der Waals surface area contributed by atoms with Crippen molar-refractivity contribution in [3.8, 4) is 11.5 Å². The van der Waals surface area contributed by atoms with Crippen LogP contribution < -0.4 is 0 Å². The minimum atomic E-state index is -0.633. The minimum Gasteiger partial charge on any atom is -0.504 e. The zero-order valence-electron chi connectivity index (χ0n) is 11.0. The van der Waals surface area contributed by atoms with Crippen molar-refractivity contribution < 1.29 is 19.7 Å². The van der Waals surface area contributed by atoms with Gasteiger partial charge in [0, 0.05) is 0 Å². The third-order valence-electron chi connectivity index (χ3n) is 2.92. The molecule has 0 amide bonds. The van der Waals surface area contributed by atoms with E-state index in [1.807, 2.05) is 30.3 Å². The van der Waals surface area contributed by atoms with Gasteiger partial charge in [-0.05, 0) is 30.5 Å². The Balaban J connectivity index is 1.82. The van der Waals surface area contributed by atoms with Gasteiger partial charge < -0.3 is 14.9 Å². The molecule has 0 aromatic heterocycles. The average molecular weight is 272 g/mol. The van der Waals surface area contributed by atoms with Crippen molar-refractivity contribution in [3.63, 3.8) is 0 Å². The topological polar surface area (TPSA) is 66.8 Å². The number of esters is 1. The molecule has 0 unspecified atom stereocenters. The van der Waals surface area contributed by atoms with E-state index in [1.165, 1.54) is 23.8 Å². The first kappa shape index (κ1) is 13.9. The molecule has 0 aliphatic heterocycles. The lowest BCUT2D eigenvalue weighted by molar-refractivity contribution is 0.0496. The third kappa shape index (κ3) is 3.51. The summed E-state index contributed by atoms with van der Waals surface area (Å²) in [7, 11) is 0. The maximum absolute atomic E-state index is 11.7. The van der Waals surface area contributed by atoms with Gasteiger partial charge >= 0.3 is 5.97 Å². The number of ether oxygens (including phenoxy) is 1. The number of phenols is 2. The van der Waals surface area contributed by atoms with Crippen molar-refractivity contribution >= 4 is 5.97 Å². The fraction of sp³-hybridized carbons (Fsp3) is 0.188. The number of hydrogen-bond donors (Lipinski definition) is 2. The summed E-state index contributed by atoms with van der Waals surface area (Å²) in [5.41, 5.74) is 1.16. The predicted octanol–water partition coefficient (Wildman–Crippen LogP) is 2.89. The number of benzene rings is 2. The van der Waals surface area contributed by atoms with Crippen LogP contribution in [0.1, 0.15) is 22.3 Å². The summed E-state index contributed by atoms with van der Waals surface area (Å²) in [5.74, 6) is -1.41. The first-order valence-corrected chi connectivity index (χ1v) is 6.40. The van der Waals surface area contributed by atoms with E-state index in [0.29, 0.717) is 6.42 Å². The van der Waals surface area contributed by atoms with E-state index < -0.39 is 11.7 Å². The number of carbonyl (C=O) groups excluding carboxylic acids is 1. The molecule has 2 aromatic rings. The largest absolute Gasteiger partial charge is 0.504 e. The van der Waals surface area contributed by atoms with Crippen molar-refractivity contribution in [2.75, 3.05) is 6.61 Å². The Morgan fingerprint density at radius 2 is 1.75 bits per heavy atom. The van der Waals surface area contributed by atoms with Crippen molar-refractivity contribution in [3.05, 3.63) is 59.7 Å². The maximum atomic E-state index is 11.7. The highest BCUT2D eigenvalue weighted by Crippen LogP contribution is 2.28. The van der Waals surface area contributed by atoms with Crippen LogP contribution in [0.15, 0.2) is 48.5 Å².